The van der Waals surface area contributed by atoms with E-state index in [1.54, 1.807) is 6.92 Å². The van der Waals surface area contributed by atoms with Crippen molar-refractivity contribution in [1.29, 1.82) is 0 Å². The highest BCUT2D eigenvalue weighted by Crippen LogP contribution is 2.18. The number of urea groups is 1. The third kappa shape index (κ3) is 5.66. The Balaban J connectivity index is 2.45. The maximum atomic E-state index is 12.2. The fourth-order valence-corrected chi connectivity index (χ4v) is 1.72. The number of aromatic nitrogens is 2. The minimum absolute atomic E-state index is 0.0339. The van der Waals surface area contributed by atoms with Gasteiger partial charge in [-0.3, -0.25) is 4.68 Å². The van der Waals surface area contributed by atoms with Crippen molar-refractivity contribution in [3.8, 4) is 0 Å². The monoisotopic (exact) mass is 304 g/mol. The van der Waals surface area contributed by atoms with Gasteiger partial charge in [0.1, 0.15) is 6.54 Å². The Morgan fingerprint density at radius 1 is 1.57 bits per heavy atom. The number of carbonyl (C=O) groups is 1. The molecule has 0 aliphatic heterocycles. The van der Waals surface area contributed by atoms with Gasteiger partial charge < -0.3 is 15.7 Å². The number of hydrogen-bond acceptors (Lipinski definition) is 3. The number of nitrogens with zero attached hydrogens (tertiary/aromatic N) is 2. The Labute approximate surface area is 122 Å². The largest absolute Gasteiger partial charge is 0.388 e. The highest BCUT2D eigenvalue weighted by molar-refractivity contribution is 5.88. The Hall–Kier alpha value is -1.70. The van der Waals surface area contributed by atoms with E-state index < -0.39 is 24.6 Å². The zero-order valence-electron chi connectivity index (χ0n) is 12.4. The van der Waals surface area contributed by atoms with Crippen LogP contribution in [0.2, 0.25) is 0 Å². The summed E-state index contributed by atoms with van der Waals surface area (Å²) in [6.45, 7) is 5.08. The van der Waals surface area contributed by atoms with Gasteiger partial charge in [0.25, 0.3) is 6.43 Å². The van der Waals surface area contributed by atoms with Crippen LogP contribution < -0.4 is 10.6 Å². The zero-order valence-corrected chi connectivity index (χ0v) is 12.4. The summed E-state index contributed by atoms with van der Waals surface area (Å²) < 4.78 is 25.4. The van der Waals surface area contributed by atoms with Crippen LogP contribution in [-0.4, -0.2) is 39.5 Å². The van der Waals surface area contributed by atoms with Gasteiger partial charge in [-0.25, -0.2) is 13.6 Å². The Kier molecular flexibility index (Phi) is 6.07. The van der Waals surface area contributed by atoms with Gasteiger partial charge >= 0.3 is 6.03 Å². The van der Waals surface area contributed by atoms with Crippen molar-refractivity contribution in [3.05, 3.63) is 12.4 Å². The summed E-state index contributed by atoms with van der Waals surface area (Å²) in [7, 11) is 0. The zero-order chi connectivity index (χ0) is 16.0. The molecule has 1 heterocycles. The molecular weight excluding hydrogens is 282 g/mol. The number of nitrogens with one attached hydrogen (secondary N) is 2. The molecule has 0 radical (unpaired) electrons. The molecule has 0 aliphatic rings. The van der Waals surface area contributed by atoms with E-state index >= 15 is 0 Å². The quantitative estimate of drug-likeness (QED) is 0.721. The second-order valence-corrected chi connectivity index (χ2v) is 5.32. The van der Waals surface area contributed by atoms with Crippen molar-refractivity contribution in [3.63, 3.8) is 0 Å². The molecule has 0 spiro atoms. The van der Waals surface area contributed by atoms with Gasteiger partial charge in [0, 0.05) is 12.7 Å². The first-order valence-corrected chi connectivity index (χ1v) is 6.82. The first-order valence-electron chi connectivity index (χ1n) is 6.82. The smallest absolute Gasteiger partial charge is 0.319 e. The molecule has 21 heavy (non-hydrogen) atoms. The maximum Gasteiger partial charge on any atom is 0.319 e. The molecule has 0 bridgehead atoms. The van der Waals surface area contributed by atoms with Crippen LogP contribution in [0.25, 0.3) is 0 Å². The summed E-state index contributed by atoms with van der Waals surface area (Å²) in [6, 6.07) is -0.518. The molecule has 1 aromatic heterocycles. The number of alkyl halides is 2. The lowest BCUT2D eigenvalue weighted by Crippen LogP contribution is -2.46. The predicted molar refractivity (Wildman–Crippen MR) is 75.3 cm³/mol. The van der Waals surface area contributed by atoms with Crippen molar-refractivity contribution in [2.45, 2.75) is 45.8 Å². The molecule has 1 rings (SSSR count). The molecular formula is C13H22F2N4O2. The minimum atomic E-state index is -2.50. The van der Waals surface area contributed by atoms with Gasteiger partial charge in [-0.2, -0.15) is 5.10 Å². The minimum Gasteiger partial charge on any atom is -0.388 e. The van der Waals surface area contributed by atoms with Gasteiger partial charge in [0.05, 0.1) is 17.5 Å². The lowest BCUT2D eigenvalue weighted by Gasteiger charge is -2.29. The van der Waals surface area contributed by atoms with Crippen molar-refractivity contribution in [2.75, 3.05) is 11.9 Å². The first kappa shape index (κ1) is 17.4. The number of amides is 2. The lowest BCUT2D eigenvalue weighted by molar-refractivity contribution is 0.00827. The van der Waals surface area contributed by atoms with Crippen LogP contribution >= 0.6 is 0 Å². The Morgan fingerprint density at radius 2 is 2.24 bits per heavy atom. The van der Waals surface area contributed by atoms with E-state index in [1.165, 1.54) is 12.4 Å². The topological polar surface area (TPSA) is 79.2 Å². The van der Waals surface area contributed by atoms with E-state index in [-0.39, 0.29) is 12.5 Å². The van der Waals surface area contributed by atoms with Crippen LogP contribution in [-0.2, 0) is 6.54 Å². The summed E-state index contributed by atoms with van der Waals surface area (Å²) in [4.78, 5) is 11.7. The van der Waals surface area contributed by atoms with Crippen LogP contribution in [0.15, 0.2) is 12.4 Å². The van der Waals surface area contributed by atoms with Crippen LogP contribution in [0.5, 0.6) is 0 Å². The molecule has 0 saturated carbocycles. The summed E-state index contributed by atoms with van der Waals surface area (Å²) >= 11 is 0. The fraction of sp³-hybridized carbons (Fsp3) is 0.692. The summed E-state index contributed by atoms with van der Waals surface area (Å²) in [5.41, 5.74) is -0.692. The van der Waals surface area contributed by atoms with Crippen LogP contribution in [0.1, 0.15) is 27.2 Å². The molecule has 2 unspecified atom stereocenters. The van der Waals surface area contributed by atoms with Crippen molar-refractivity contribution >= 4 is 11.7 Å². The summed E-state index contributed by atoms with van der Waals surface area (Å²) in [5, 5.41) is 18.9. The number of hydrogen-bond donors (Lipinski definition) is 3. The standard InChI is InChI=1S/C13H22F2N4O2/c1-4-9(2)13(3,21)8-16-12(20)18-10-5-17-19(6-10)7-11(14)15/h5-6,9,11,21H,4,7-8H2,1-3H3,(H2,16,18,20). The summed E-state index contributed by atoms with van der Waals surface area (Å²) in [6.07, 6.45) is 0.890. The van der Waals surface area contributed by atoms with E-state index in [9.17, 15) is 18.7 Å². The molecule has 1 aromatic rings. The highest BCUT2D eigenvalue weighted by Gasteiger charge is 2.27. The van der Waals surface area contributed by atoms with Crippen molar-refractivity contribution in [1.82, 2.24) is 15.1 Å². The van der Waals surface area contributed by atoms with E-state index in [0.29, 0.717) is 5.69 Å². The highest BCUT2D eigenvalue weighted by atomic mass is 19.3. The second-order valence-electron chi connectivity index (χ2n) is 5.32. The Morgan fingerprint density at radius 3 is 2.81 bits per heavy atom. The van der Waals surface area contributed by atoms with E-state index in [4.69, 9.17) is 0 Å². The molecule has 0 aromatic carbocycles. The molecule has 120 valence electrons. The normalized spacial score (nSPS) is 15.6. The molecule has 6 nitrogen and oxygen atoms in total. The molecule has 3 N–H and O–H groups in total. The SMILES string of the molecule is CCC(C)C(C)(O)CNC(=O)Nc1cnn(CC(F)F)c1. The average Bonchev–Trinajstić information content (AvgIpc) is 2.81. The number of aliphatic hydroxyl groups is 1. The average molecular weight is 304 g/mol. The van der Waals surface area contributed by atoms with E-state index in [2.05, 4.69) is 15.7 Å². The van der Waals surface area contributed by atoms with Gasteiger partial charge in [0.2, 0.25) is 0 Å². The molecule has 8 heteroatoms. The first-order chi connectivity index (χ1) is 9.74. The van der Waals surface area contributed by atoms with E-state index in [1.807, 2.05) is 13.8 Å². The fourth-order valence-electron chi connectivity index (χ4n) is 1.72. The number of carbonyl (C=O) groups excluding carboxylic acids is 1. The van der Waals surface area contributed by atoms with Crippen LogP contribution in [0.4, 0.5) is 19.3 Å². The molecule has 2 atom stereocenters. The van der Waals surface area contributed by atoms with Crippen molar-refractivity contribution < 1.29 is 18.7 Å². The number of halogens is 2. The van der Waals surface area contributed by atoms with E-state index in [0.717, 1.165) is 11.1 Å². The molecule has 0 aliphatic carbocycles. The lowest BCUT2D eigenvalue weighted by atomic mass is 9.89. The Bertz CT molecular complexity index is 463. The van der Waals surface area contributed by atoms with Gasteiger partial charge in [-0.15, -0.1) is 0 Å². The third-order valence-electron chi connectivity index (χ3n) is 3.50. The third-order valence-corrected chi connectivity index (χ3v) is 3.50. The van der Waals surface area contributed by atoms with Crippen molar-refractivity contribution in [2.24, 2.45) is 5.92 Å². The predicted octanol–water partition coefficient (Wildman–Crippen LogP) is 2.07. The van der Waals surface area contributed by atoms with Gasteiger partial charge in [0.15, 0.2) is 0 Å². The number of rotatable bonds is 7. The second kappa shape index (κ2) is 7.35. The van der Waals surface area contributed by atoms with Crippen LogP contribution in [0.3, 0.4) is 0 Å². The number of anilines is 1. The van der Waals surface area contributed by atoms with Gasteiger partial charge in [-0.05, 0) is 12.8 Å². The van der Waals surface area contributed by atoms with Gasteiger partial charge in [-0.1, -0.05) is 20.3 Å². The molecule has 0 saturated heterocycles. The molecule has 0 fully saturated rings. The molecule has 2 amide bonds. The summed E-state index contributed by atoms with van der Waals surface area (Å²) in [5.74, 6) is 0.0339. The van der Waals surface area contributed by atoms with Crippen LogP contribution in [0, 0.1) is 5.92 Å². The maximum absolute atomic E-state index is 12.2.